The quantitative estimate of drug-likeness (QED) is 0.0559. The highest BCUT2D eigenvalue weighted by Crippen LogP contribution is 2.13. The number of unbranched alkanes of at least 4 members (excludes halogenated alkanes) is 18. The van der Waals surface area contributed by atoms with Gasteiger partial charge in [-0.3, -0.25) is 15.2 Å². The first-order valence-corrected chi connectivity index (χ1v) is 16.2. The van der Waals surface area contributed by atoms with E-state index < -0.39 is 0 Å². The highest BCUT2D eigenvalue weighted by molar-refractivity contribution is 5.72. The number of quaternary nitrogens is 1. The minimum absolute atomic E-state index is 0. The maximum absolute atomic E-state index is 6.47. The van der Waals surface area contributed by atoms with Crippen molar-refractivity contribution in [3.63, 3.8) is 0 Å². The average molecular weight is 582 g/mol. The molecule has 0 spiro atoms. The predicted octanol–water partition coefficient (Wildman–Crippen LogP) is 2.19. The topological polar surface area (TPSA) is 32.3 Å². The average Bonchev–Trinajstić information content (AvgIpc) is 2.84. The Labute approximate surface area is 253 Å². The van der Waals surface area contributed by atoms with Gasteiger partial charge >= 0.3 is 5.96 Å². The van der Waals surface area contributed by atoms with Crippen molar-refractivity contribution in [2.75, 3.05) is 54.4 Å². The second kappa shape index (κ2) is 29.8. The third-order valence-electron chi connectivity index (χ3n) is 7.87. The van der Waals surface area contributed by atoms with Crippen molar-refractivity contribution in [2.45, 2.75) is 149 Å². The summed E-state index contributed by atoms with van der Waals surface area (Å²) < 4.78 is 3.23. The molecular weight excluding hydrogens is 511 g/mol. The van der Waals surface area contributed by atoms with Gasteiger partial charge in [-0.2, -0.15) is 0 Å². The Bertz CT molecular complexity index is 508. The molecule has 0 aliphatic heterocycles. The molecule has 38 heavy (non-hydrogen) atoms. The normalized spacial score (nSPS) is 11.1. The van der Waals surface area contributed by atoms with Crippen molar-refractivity contribution in [1.29, 1.82) is 0 Å². The van der Waals surface area contributed by atoms with Crippen molar-refractivity contribution in [3.05, 3.63) is 0 Å². The van der Waals surface area contributed by atoms with Crippen LogP contribution in [-0.2, 0) is 0 Å². The lowest BCUT2D eigenvalue weighted by Gasteiger charge is -2.30. The number of rotatable bonds is 26. The van der Waals surface area contributed by atoms with Gasteiger partial charge in [-0.25, -0.2) is 0 Å². The van der Waals surface area contributed by atoms with Gasteiger partial charge < -0.3 is 29.3 Å². The van der Waals surface area contributed by atoms with E-state index in [1.165, 1.54) is 148 Å². The van der Waals surface area contributed by atoms with Gasteiger partial charge in [0.05, 0.1) is 54.4 Å². The maximum Gasteiger partial charge on any atom is 0.345 e. The van der Waals surface area contributed by atoms with Crippen LogP contribution in [-0.4, -0.2) is 74.3 Å². The summed E-state index contributed by atoms with van der Waals surface area (Å²) in [5.41, 5.74) is 6.47. The summed E-state index contributed by atoms with van der Waals surface area (Å²) in [6.45, 7) is 9.33. The molecule has 0 unspecified atom stereocenters. The number of nitrogens with two attached hydrogens (primary N) is 1. The van der Waals surface area contributed by atoms with Gasteiger partial charge in [0, 0.05) is 6.42 Å². The summed E-state index contributed by atoms with van der Waals surface area (Å²) >= 11 is 0. The van der Waals surface area contributed by atoms with Crippen LogP contribution in [0.4, 0.5) is 0 Å². The first-order chi connectivity index (χ1) is 17.3. The fraction of sp³-hybridized carbons (Fsp3) is 0.969. The Morgan fingerprint density at radius 2 is 0.842 bits per heavy atom. The summed E-state index contributed by atoms with van der Waals surface area (Å²) in [6, 6.07) is 0. The monoisotopic (exact) mass is 580 g/mol. The lowest BCUT2D eigenvalue weighted by Crippen LogP contribution is -3.00. The van der Waals surface area contributed by atoms with Crippen LogP contribution in [0.5, 0.6) is 0 Å². The van der Waals surface area contributed by atoms with E-state index in [2.05, 4.69) is 51.5 Å². The van der Waals surface area contributed by atoms with Crippen molar-refractivity contribution in [3.8, 4) is 0 Å². The van der Waals surface area contributed by atoms with Gasteiger partial charge in [0.2, 0.25) is 0 Å². The number of hydrogen-bond acceptors (Lipinski definition) is 0. The molecule has 4 nitrogen and oxygen atoms in total. The van der Waals surface area contributed by atoms with Gasteiger partial charge in [-0.1, -0.05) is 123 Å². The summed E-state index contributed by atoms with van der Waals surface area (Å²) in [6.07, 6.45) is 29.3. The fourth-order valence-corrected chi connectivity index (χ4v) is 5.24. The van der Waals surface area contributed by atoms with E-state index in [-0.39, 0.29) is 24.8 Å². The zero-order valence-electron chi connectivity index (χ0n) is 26.9. The molecule has 0 fully saturated rings. The fourth-order valence-electron chi connectivity index (χ4n) is 5.24. The molecule has 0 rings (SSSR count). The molecule has 2 N–H and O–H groups in total. The summed E-state index contributed by atoms with van der Waals surface area (Å²) in [5.74, 6) is 0.936. The zero-order valence-corrected chi connectivity index (χ0v) is 28.4. The van der Waals surface area contributed by atoms with E-state index in [0.29, 0.717) is 0 Å². The molecule has 232 valence electrons. The molecule has 0 radical (unpaired) electrons. The Morgan fingerprint density at radius 3 is 1.24 bits per heavy atom. The van der Waals surface area contributed by atoms with E-state index >= 15 is 0 Å². The van der Waals surface area contributed by atoms with E-state index in [1.807, 2.05) is 0 Å². The lowest BCUT2D eigenvalue weighted by atomic mass is 10.1. The summed E-state index contributed by atoms with van der Waals surface area (Å²) in [5, 5.41) is 0. The van der Waals surface area contributed by atoms with E-state index in [1.54, 1.807) is 0 Å². The molecule has 0 bridgehead atoms. The zero-order chi connectivity index (χ0) is 26.9. The molecule has 0 aliphatic rings. The van der Waals surface area contributed by atoms with Crippen LogP contribution in [0, 0.1) is 0 Å². The summed E-state index contributed by atoms with van der Waals surface area (Å²) in [7, 11) is 8.98. The molecule has 0 amide bonds. The Kier molecular flexibility index (Phi) is 33.1. The standard InChI is InChI=1S/C32H69N4.2ClH/c1-7-9-11-13-15-17-19-21-23-25-28-35(32(33)34(3)4)29-27-31-36(5,6)30-26-24-22-20-18-16-14-12-10-8-2;;/h33H,7-31H2,1-6H3;2*1H/q+1;;/p-1. The molecule has 0 aromatic heterocycles. The molecule has 6 heteroatoms. The first-order valence-electron chi connectivity index (χ1n) is 16.2. The Balaban J connectivity index is -0.00000612. The smallest absolute Gasteiger partial charge is 0.345 e. The van der Waals surface area contributed by atoms with Crippen LogP contribution in [0.3, 0.4) is 0 Å². The highest BCUT2D eigenvalue weighted by Gasteiger charge is 2.19. The third kappa shape index (κ3) is 27.4. The van der Waals surface area contributed by atoms with Gasteiger partial charge in [0.15, 0.2) is 0 Å². The van der Waals surface area contributed by atoms with Crippen LogP contribution in [0.25, 0.3) is 0 Å². The van der Waals surface area contributed by atoms with Crippen LogP contribution in [0.15, 0.2) is 0 Å². The highest BCUT2D eigenvalue weighted by atomic mass is 35.5. The van der Waals surface area contributed by atoms with E-state index in [4.69, 9.17) is 5.73 Å². The van der Waals surface area contributed by atoms with Gasteiger partial charge in [-0.05, 0) is 19.3 Å². The minimum Gasteiger partial charge on any atom is -1.00 e. The van der Waals surface area contributed by atoms with E-state index in [9.17, 15) is 0 Å². The largest absolute Gasteiger partial charge is 1.00 e. The number of hydrogen-bond donors (Lipinski definition) is 1. The number of nitrogens with zero attached hydrogens (tertiary/aromatic N) is 3. The van der Waals surface area contributed by atoms with Crippen LogP contribution in [0.1, 0.15) is 149 Å². The Morgan fingerprint density at radius 1 is 0.526 bits per heavy atom. The molecule has 0 aromatic carbocycles. The SMILES string of the molecule is CCCCCCCCCCCCN(CCC[N+](C)(C)CCCCCCCCCCCC)C(N)=[N+](C)C.[Cl-].[Cl-]. The van der Waals surface area contributed by atoms with Crippen molar-refractivity contribution < 1.29 is 33.9 Å². The molecule has 0 aliphatic carbocycles. The molecule has 0 saturated carbocycles. The second-order valence-corrected chi connectivity index (χ2v) is 12.3. The Hall–Kier alpha value is -0.190. The van der Waals surface area contributed by atoms with Crippen LogP contribution >= 0.6 is 0 Å². The van der Waals surface area contributed by atoms with Crippen molar-refractivity contribution in [2.24, 2.45) is 5.73 Å². The number of halogens is 2. The van der Waals surface area contributed by atoms with Crippen LogP contribution in [0.2, 0.25) is 0 Å². The maximum atomic E-state index is 6.47. The van der Waals surface area contributed by atoms with Gasteiger partial charge in [0.25, 0.3) is 0 Å². The molecule has 0 aromatic rings. The van der Waals surface area contributed by atoms with Crippen LogP contribution < -0.4 is 30.5 Å². The van der Waals surface area contributed by atoms with Crippen molar-refractivity contribution >= 4 is 5.96 Å². The molecular formula is C32H70Cl2N4. The van der Waals surface area contributed by atoms with Gasteiger partial charge in [0.1, 0.15) is 0 Å². The number of guanidine groups is 1. The summed E-state index contributed by atoms with van der Waals surface area (Å²) in [4.78, 5) is 2.44. The van der Waals surface area contributed by atoms with E-state index in [0.717, 1.165) is 23.5 Å². The van der Waals surface area contributed by atoms with Crippen molar-refractivity contribution in [1.82, 2.24) is 4.90 Å². The molecule has 0 saturated heterocycles. The lowest BCUT2D eigenvalue weighted by molar-refractivity contribution is -0.890. The minimum atomic E-state index is 0. The molecule has 0 atom stereocenters. The molecule has 0 heterocycles. The second-order valence-electron chi connectivity index (χ2n) is 12.3. The first kappa shape index (κ1) is 42.3. The van der Waals surface area contributed by atoms with Gasteiger partial charge in [-0.15, -0.1) is 0 Å². The third-order valence-corrected chi connectivity index (χ3v) is 7.87. The predicted molar refractivity (Wildman–Crippen MR) is 163 cm³/mol.